The maximum atomic E-state index is 14.5. The molecule has 0 saturated heterocycles. The molecule has 2 aromatic carbocycles. The fourth-order valence-corrected chi connectivity index (χ4v) is 5.50. The quantitative estimate of drug-likeness (QED) is 0.0101. The number of allylic oxidation sites excluding steroid dienone is 1. The SMILES string of the molecule is C=CCN(c1c(F)cccc1C(=O)c1nc(OC)nc(OC)n1)S(=O)(=O)C(F)F.COc1nc(OC)nc(C(=O)c2cccc(F)c2NS(=O)(=O)C(F)F)n1.O=CO[OH2+].[CH+]=CCBr.[K+].[K+]. The molecule has 4 rings (SSSR count). The fraction of sp³-hybridized carbons (Fsp3) is 0.242. The molecule has 0 aliphatic rings. The van der Waals surface area contributed by atoms with Crippen LogP contribution >= 0.6 is 15.9 Å². The van der Waals surface area contributed by atoms with Gasteiger partial charge in [-0.15, -0.1) is 16.5 Å². The number of halogens is 7. The Kier molecular flexibility index (Phi) is 31.0. The summed E-state index contributed by atoms with van der Waals surface area (Å²) in [5, 5.41) is 6.37. The van der Waals surface area contributed by atoms with E-state index in [2.05, 4.69) is 57.3 Å². The van der Waals surface area contributed by atoms with E-state index >= 15 is 0 Å². The zero-order chi connectivity index (χ0) is 48.1. The van der Waals surface area contributed by atoms with Gasteiger partial charge in [0.05, 0.1) is 62.8 Å². The molecule has 0 spiro atoms. The molecular weight excluding hydrogens is 1050 g/mol. The molecule has 0 unspecified atom stereocenters. The summed E-state index contributed by atoms with van der Waals surface area (Å²) in [5.74, 6) is -13.5. The van der Waals surface area contributed by atoms with Crippen LogP contribution in [0.1, 0.15) is 32.4 Å². The first-order chi connectivity index (χ1) is 29.7. The number of ketones is 2. The summed E-state index contributed by atoms with van der Waals surface area (Å²) in [6.45, 7) is 7.47. The number of nitrogens with zero attached hydrogens (tertiary/aromatic N) is 7. The van der Waals surface area contributed by atoms with E-state index in [9.17, 15) is 52.8 Å². The van der Waals surface area contributed by atoms with Crippen molar-refractivity contribution in [2.45, 2.75) is 11.5 Å². The summed E-state index contributed by atoms with van der Waals surface area (Å²) >= 11 is 3.07. The second-order valence-corrected chi connectivity index (χ2v) is 14.5. The van der Waals surface area contributed by atoms with Gasteiger partial charge in [0.1, 0.15) is 11.6 Å². The number of carbonyl (C=O) groups excluding carboxylic acids is 3. The molecule has 342 valence electrons. The van der Waals surface area contributed by atoms with Crippen molar-refractivity contribution in [2.75, 3.05) is 49.3 Å². The number of nitrogens with one attached hydrogen (secondary N) is 1. The van der Waals surface area contributed by atoms with Crippen molar-refractivity contribution in [1.29, 1.82) is 0 Å². The summed E-state index contributed by atoms with van der Waals surface area (Å²) < 4.78 is 147. The number of sulfonamides is 2. The molecular formula is C33H33BrF6K2N8O13S2+4. The zero-order valence-electron chi connectivity index (χ0n) is 34.5. The van der Waals surface area contributed by atoms with Gasteiger partial charge in [-0.25, -0.2) is 35.7 Å². The number of hydrogen-bond acceptors (Lipinski definition) is 18. The molecule has 21 nitrogen and oxygen atoms in total. The van der Waals surface area contributed by atoms with Crippen LogP contribution < -0.4 is 131 Å². The Bertz CT molecular complexity index is 2410. The van der Waals surface area contributed by atoms with Crippen LogP contribution in [0.2, 0.25) is 0 Å². The molecule has 0 atom stereocenters. The van der Waals surface area contributed by atoms with Crippen LogP contribution in [0.3, 0.4) is 0 Å². The minimum absolute atomic E-state index is 0. The normalized spacial score (nSPS) is 10.2. The molecule has 65 heavy (non-hydrogen) atoms. The third kappa shape index (κ3) is 19.1. The first kappa shape index (κ1) is 63.7. The van der Waals surface area contributed by atoms with Crippen LogP contribution in [0.25, 0.3) is 0 Å². The van der Waals surface area contributed by atoms with E-state index in [0.717, 1.165) is 47.8 Å². The van der Waals surface area contributed by atoms with Crippen LogP contribution in [0, 0.1) is 18.2 Å². The maximum Gasteiger partial charge on any atom is 1.00 e. The van der Waals surface area contributed by atoms with Crippen LogP contribution in [-0.4, -0.2) is 122 Å². The summed E-state index contributed by atoms with van der Waals surface area (Å²) in [4.78, 5) is 59.4. The number of carbonyl (C=O) groups is 3. The number of methoxy groups -OCH3 is 4. The zero-order valence-corrected chi connectivity index (χ0v) is 44.0. The smallest absolute Gasteiger partial charge is 0.467 e. The molecule has 2 heterocycles. The van der Waals surface area contributed by atoms with Gasteiger partial charge in [0, 0.05) is 0 Å². The van der Waals surface area contributed by atoms with Gasteiger partial charge in [-0.2, -0.15) is 42.4 Å². The van der Waals surface area contributed by atoms with E-state index in [-0.39, 0.29) is 138 Å². The molecule has 0 bridgehead atoms. The Morgan fingerprint density at radius 3 is 1.51 bits per heavy atom. The standard InChI is InChI=1S/C16H15F3N4O5S.C13H11F3N4O5S.C3H4Br.CH2O3.2K/c1-4-8-23(29(25,26)14(18)19)11-9(6-5-7-10(11)17)12(24)13-20-15(27-2)22-16(21-13)28-3;1-24-12-17-10(18-13(19-12)25-2)9(21)6-4-3-5-7(14)8(6)20-26(22,23)11(15)16;1-2-3-4;2-1-4-3;;/h4-7,14H,1,8H2,2-3H3;3-5,11,20H,1-2H3;1-2H,3H2;1,3H;;/q;;+1;;2*+1/p+1. The first-order valence-electron chi connectivity index (χ1n) is 16.1. The minimum atomic E-state index is -5.31. The van der Waals surface area contributed by atoms with Gasteiger partial charge in [0.15, 0.2) is 6.08 Å². The van der Waals surface area contributed by atoms with Gasteiger partial charge in [-0.05, 0) is 24.3 Å². The first-order valence-corrected chi connectivity index (χ1v) is 20.3. The average molecular weight is 1090 g/mol. The molecule has 0 radical (unpaired) electrons. The van der Waals surface area contributed by atoms with E-state index in [0.29, 0.717) is 0 Å². The van der Waals surface area contributed by atoms with Gasteiger partial charge in [-0.1, -0.05) is 34.1 Å². The molecule has 0 amide bonds. The van der Waals surface area contributed by atoms with E-state index < -0.39 is 95.5 Å². The average Bonchev–Trinajstić information content (AvgIpc) is 3.28. The summed E-state index contributed by atoms with van der Waals surface area (Å²) in [7, 11) is -5.71. The van der Waals surface area contributed by atoms with Crippen molar-refractivity contribution in [2.24, 2.45) is 0 Å². The van der Waals surface area contributed by atoms with Crippen LogP contribution in [-0.2, 0) is 29.7 Å². The van der Waals surface area contributed by atoms with Gasteiger partial charge in [0.2, 0.25) is 29.8 Å². The van der Waals surface area contributed by atoms with Crippen LogP contribution in [0.15, 0.2) is 55.1 Å². The third-order valence-electron chi connectivity index (χ3n) is 6.51. The molecule has 3 N–H and O–H groups in total. The number of hydrogen-bond donors (Lipinski definition) is 1. The van der Waals surface area contributed by atoms with Crippen molar-refractivity contribution in [3.8, 4) is 24.0 Å². The summed E-state index contributed by atoms with van der Waals surface area (Å²) in [6, 6.07) is 4.63. The number of para-hydroxylation sites is 2. The fourth-order valence-electron chi connectivity index (χ4n) is 3.98. The van der Waals surface area contributed by atoms with Crippen molar-refractivity contribution in [3.63, 3.8) is 0 Å². The minimum Gasteiger partial charge on any atom is -0.467 e. The Labute approximate surface area is 459 Å². The molecule has 32 heteroatoms. The van der Waals surface area contributed by atoms with Crippen molar-refractivity contribution in [3.05, 3.63) is 96.1 Å². The summed E-state index contributed by atoms with van der Waals surface area (Å²) in [6.07, 6.45) is 2.51. The monoisotopic (exact) mass is 1080 g/mol. The van der Waals surface area contributed by atoms with E-state index in [1.54, 1.807) is 6.08 Å². The van der Waals surface area contributed by atoms with E-state index in [1.165, 1.54) is 33.2 Å². The van der Waals surface area contributed by atoms with Crippen molar-refractivity contribution < 1.29 is 189 Å². The molecule has 2 aromatic heterocycles. The van der Waals surface area contributed by atoms with Gasteiger partial charge < -0.3 is 18.9 Å². The topological polar surface area (TPSA) is 281 Å². The number of alkyl halides is 5. The van der Waals surface area contributed by atoms with Gasteiger partial charge >= 0.3 is 145 Å². The molecule has 0 saturated carbocycles. The number of anilines is 2. The van der Waals surface area contributed by atoms with Gasteiger partial charge in [-0.3, -0.25) is 18.6 Å². The number of rotatable bonds is 18. The Hall–Kier alpha value is -3.35. The largest absolute Gasteiger partial charge is 1.00 e. The predicted molar refractivity (Wildman–Crippen MR) is 210 cm³/mol. The second-order valence-electron chi connectivity index (χ2n) is 10.4. The Balaban J connectivity index is 0. The third-order valence-corrected chi connectivity index (χ3v) is 9.24. The van der Waals surface area contributed by atoms with E-state index in [4.69, 9.17) is 35.6 Å². The molecule has 0 aliphatic heterocycles. The predicted octanol–water partition coefficient (Wildman–Crippen LogP) is -2.80. The number of aromatic nitrogens is 6. The number of benzene rings is 2. The Morgan fingerprint density at radius 1 is 0.785 bits per heavy atom. The molecule has 0 aliphatic carbocycles. The number of ether oxygens (including phenoxy) is 4. The van der Waals surface area contributed by atoms with Crippen molar-refractivity contribution in [1.82, 2.24) is 29.9 Å². The molecule has 4 aromatic rings. The van der Waals surface area contributed by atoms with Crippen molar-refractivity contribution >= 4 is 65.4 Å². The molecule has 0 fully saturated rings. The van der Waals surface area contributed by atoms with E-state index in [1.807, 2.05) is 0 Å². The van der Waals surface area contributed by atoms with Crippen LogP contribution in [0.4, 0.5) is 37.7 Å². The van der Waals surface area contributed by atoms with Crippen LogP contribution in [0.5, 0.6) is 24.0 Å². The maximum absolute atomic E-state index is 14.5. The Morgan fingerprint density at radius 2 is 1.17 bits per heavy atom. The summed E-state index contributed by atoms with van der Waals surface area (Å²) in [5.41, 5.74) is -3.02. The second kappa shape index (κ2) is 31.6. The van der Waals surface area contributed by atoms with Gasteiger partial charge in [0.25, 0.3) is 20.0 Å².